The zero-order chi connectivity index (χ0) is 15.7. The van der Waals surface area contributed by atoms with Gasteiger partial charge in [-0.15, -0.1) is 0 Å². The Morgan fingerprint density at radius 2 is 2.09 bits per heavy atom. The molecule has 0 atom stereocenters. The van der Waals surface area contributed by atoms with Crippen molar-refractivity contribution >= 4 is 22.6 Å². The minimum atomic E-state index is -0.0373. The number of anilines is 1. The van der Waals surface area contributed by atoms with E-state index >= 15 is 0 Å². The molecule has 118 valence electrons. The van der Waals surface area contributed by atoms with E-state index in [-0.39, 0.29) is 11.9 Å². The molecule has 0 bridgehead atoms. The lowest BCUT2D eigenvalue weighted by Gasteiger charge is -2.34. The summed E-state index contributed by atoms with van der Waals surface area (Å²) in [6.45, 7) is 4.60. The number of hydrogen-bond acceptors (Lipinski definition) is 3. The smallest absolute Gasteiger partial charge is 0.267 e. The summed E-state index contributed by atoms with van der Waals surface area (Å²) in [7, 11) is 1.87. The second-order valence-corrected chi connectivity index (χ2v) is 6.97. The first-order valence-electron chi connectivity index (χ1n) is 7.95. The van der Waals surface area contributed by atoms with Crippen LogP contribution >= 0.6 is 0 Å². The number of carbonyl (C=O) groups is 1. The standard InChI is InChI=1S/C17H24N4O/c1-17(2)7-4-11(5-8-17)20-16(22)14-10-12-13(18-3)6-9-19-15(12)21-14/h6,9-11H,4-5,7-8H2,1-3H3,(H,20,22)(H2,18,19,21). The van der Waals surface area contributed by atoms with E-state index in [9.17, 15) is 4.79 Å². The summed E-state index contributed by atoms with van der Waals surface area (Å²) in [5.74, 6) is -0.0373. The second kappa shape index (κ2) is 5.63. The molecule has 3 rings (SSSR count). The number of aromatic amines is 1. The molecule has 1 saturated carbocycles. The van der Waals surface area contributed by atoms with Crippen molar-refractivity contribution in [2.45, 2.75) is 45.6 Å². The topological polar surface area (TPSA) is 69.8 Å². The monoisotopic (exact) mass is 300 g/mol. The highest BCUT2D eigenvalue weighted by Gasteiger charge is 2.28. The molecule has 3 N–H and O–H groups in total. The minimum absolute atomic E-state index is 0.0373. The number of aromatic nitrogens is 2. The predicted molar refractivity (Wildman–Crippen MR) is 89.1 cm³/mol. The Bertz CT molecular complexity index is 679. The fourth-order valence-corrected chi connectivity index (χ4v) is 3.17. The van der Waals surface area contributed by atoms with Gasteiger partial charge in [0.1, 0.15) is 11.3 Å². The van der Waals surface area contributed by atoms with Crippen molar-refractivity contribution in [3.05, 3.63) is 24.0 Å². The van der Waals surface area contributed by atoms with Crippen molar-refractivity contribution in [3.8, 4) is 0 Å². The largest absolute Gasteiger partial charge is 0.387 e. The number of pyridine rings is 1. The molecule has 0 aliphatic heterocycles. The van der Waals surface area contributed by atoms with Crippen LogP contribution < -0.4 is 10.6 Å². The van der Waals surface area contributed by atoms with Gasteiger partial charge in [0.15, 0.2) is 0 Å². The van der Waals surface area contributed by atoms with Crippen LogP contribution in [0.3, 0.4) is 0 Å². The van der Waals surface area contributed by atoms with Gasteiger partial charge in [-0.2, -0.15) is 0 Å². The Hall–Kier alpha value is -2.04. The maximum absolute atomic E-state index is 12.5. The molecule has 2 aromatic heterocycles. The summed E-state index contributed by atoms with van der Waals surface area (Å²) in [6, 6.07) is 4.06. The SMILES string of the molecule is CNc1ccnc2[nH]c(C(=O)NC3CCC(C)(C)CC3)cc12. The summed E-state index contributed by atoms with van der Waals surface area (Å²) in [4.78, 5) is 19.8. The molecule has 5 nitrogen and oxygen atoms in total. The van der Waals surface area contributed by atoms with Gasteiger partial charge >= 0.3 is 0 Å². The van der Waals surface area contributed by atoms with E-state index < -0.39 is 0 Å². The summed E-state index contributed by atoms with van der Waals surface area (Å²) in [6.07, 6.45) is 6.17. The van der Waals surface area contributed by atoms with Crippen LogP contribution in [0.25, 0.3) is 11.0 Å². The van der Waals surface area contributed by atoms with Crippen LogP contribution in [0.4, 0.5) is 5.69 Å². The summed E-state index contributed by atoms with van der Waals surface area (Å²) in [5, 5.41) is 7.22. The fourth-order valence-electron chi connectivity index (χ4n) is 3.17. The zero-order valence-electron chi connectivity index (χ0n) is 13.5. The van der Waals surface area contributed by atoms with E-state index in [0.717, 1.165) is 42.4 Å². The lowest BCUT2D eigenvalue weighted by Crippen LogP contribution is -2.39. The Labute approximate surface area is 130 Å². The first-order chi connectivity index (χ1) is 10.5. The lowest BCUT2D eigenvalue weighted by molar-refractivity contribution is 0.0905. The van der Waals surface area contributed by atoms with Gasteiger partial charge in [-0.1, -0.05) is 13.8 Å². The van der Waals surface area contributed by atoms with Crippen molar-refractivity contribution in [1.82, 2.24) is 15.3 Å². The van der Waals surface area contributed by atoms with Gasteiger partial charge in [0.05, 0.1) is 0 Å². The van der Waals surface area contributed by atoms with Crippen LogP contribution in [0.5, 0.6) is 0 Å². The molecule has 0 spiro atoms. The van der Waals surface area contributed by atoms with E-state index in [2.05, 4.69) is 34.4 Å². The molecule has 5 heteroatoms. The molecule has 0 aromatic carbocycles. The van der Waals surface area contributed by atoms with Crippen LogP contribution in [0.15, 0.2) is 18.3 Å². The number of fused-ring (bicyclic) bond motifs is 1. The maximum atomic E-state index is 12.5. The molecule has 0 radical (unpaired) electrons. The van der Waals surface area contributed by atoms with Crippen LogP contribution in [-0.4, -0.2) is 29.0 Å². The van der Waals surface area contributed by atoms with Crippen LogP contribution in [0, 0.1) is 5.41 Å². The van der Waals surface area contributed by atoms with Crippen molar-refractivity contribution in [1.29, 1.82) is 0 Å². The van der Waals surface area contributed by atoms with Crippen molar-refractivity contribution in [2.75, 3.05) is 12.4 Å². The molecule has 1 amide bonds. The van der Waals surface area contributed by atoms with Crippen molar-refractivity contribution in [2.24, 2.45) is 5.41 Å². The van der Waals surface area contributed by atoms with Gasteiger partial charge in [0.25, 0.3) is 5.91 Å². The van der Waals surface area contributed by atoms with E-state index in [1.165, 1.54) is 0 Å². The molecular weight excluding hydrogens is 276 g/mol. The normalized spacial score (nSPS) is 18.3. The van der Waals surface area contributed by atoms with Crippen LogP contribution in [0.1, 0.15) is 50.0 Å². The molecule has 0 saturated heterocycles. The number of rotatable bonds is 3. The highest BCUT2D eigenvalue weighted by Crippen LogP contribution is 2.35. The maximum Gasteiger partial charge on any atom is 0.267 e. The molecule has 2 heterocycles. The number of nitrogens with one attached hydrogen (secondary N) is 3. The highest BCUT2D eigenvalue weighted by atomic mass is 16.1. The summed E-state index contributed by atoms with van der Waals surface area (Å²) < 4.78 is 0. The molecule has 1 fully saturated rings. The number of carbonyl (C=O) groups excluding carboxylic acids is 1. The third kappa shape index (κ3) is 2.93. The Morgan fingerprint density at radius 3 is 2.77 bits per heavy atom. The molecule has 0 unspecified atom stereocenters. The third-order valence-corrected chi connectivity index (χ3v) is 4.72. The molecule has 22 heavy (non-hydrogen) atoms. The first kappa shape index (κ1) is 14.9. The van der Waals surface area contributed by atoms with Crippen molar-refractivity contribution < 1.29 is 4.79 Å². The average Bonchev–Trinajstić information content (AvgIpc) is 2.93. The lowest BCUT2D eigenvalue weighted by atomic mass is 9.75. The molecule has 2 aromatic rings. The fraction of sp³-hybridized carbons (Fsp3) is 0.529. The zero-order valence-corrected chi connectivity index (χ0v) is 13.5. The van der Waals surface area contributed by atoms with Gasteiger partial charge in [-0.3, -0.25) is 4.79 Å². The highest BCUT2D eigenvalue weighted by molar-refractivity contribution is 6.00. The quantitative estimate of drug-likeness (QED) is 0.814. The molecule has 1 aliphatic carbocycles. The summed E-state index contributed by atoms with van der Waals surface area (Å²) in [5.41, 5.74) is 2.70. The number of nitrogens with zero attached hydrogens (tertiary/aromatic N) is 1. The van der Waals surface area contributed by atoms with Gasteiger partial charge < -0.3 is 15.6 Å². The molecule has 1 aliphatic rings. The number of hydrogen-bond donors (Lipinski definition) is 3. The Balaban J connectivity index is 1.73. The number of amides is 1. The van der Waals surface area contributed by atoms with Crippen molar-refractivity contribution in [3.63, 3.8) is 0 Å². The first-order valence-corrected chi connectivity index (χ1v) is 7.95. The average molecular weight is 300 g/mol. The van der Waals surface area contributed by atoms with Gasteiger partial charge in [0, 0.05) is 30.4 Å². The predicted octanol–water partition coefficient (Wildman–Crippen LogP) is 3.30. The molecular formula is C17H24N4O. The minimum Gasteiger partial charge on any atom is -0.387 e. The van der Waals surface area contributed by atoms with Crippen LogP contribution in [0.2, 0.25) is 0 Å². The third-order valence-electron chi connectivity index (χ3n) is 4.72. The second-order valence-electron chi connectivity index (χ2n) is 6.97. The van der Waals surface area contributed by atoms with E-state index in [1.807, 2.05) is 19.2 Å². The Morgan fingerprint density at radius 1 is 1.36 bits per heavy atom. The van der Waals surface area contributed by atoms with E-state index in [4.69, 9.17) is 0 Å². The van der Waals surface area contributed by atoms with Gasteiger partial charge in [-0.05, 0) is 43.2 Å². The Kier molecular flexibility index (Phi) is 3.81. The van der Waals surface area contributed by atoms with Crippen LogP contribution in [-0.2, 0) is 0 Å². The van der Waals surface area contributed by atoms with E-state index in [1.54, 1.807) is 6.20 Å². The van der Waals surface area contributed by atoms with Gasteiger partial charge in [0.2, 0.25) is 0 Å². The number of H-pyrrole nitrogens is 1. The van der Waals surface area contributed by atoms with Gasteiger partial charge in [-0.25, -0.2) is 4.98 Å². The summed E-state index contributed by atoms with van der Waals surface area (Å²) >= 11 is 0. The van der Waals surface area contributed by atoms with E-state index in [0.29, 0.717) is 11.1 Å².